The van der Waals surface area contributed by atoms with Crippen LogP contribution in [-0.4, -0.2) is 86.3 Å². The largest absolute Gasteiger partial charge is 0.444 e. The van der Waals surface area contributed by atoms with Gasteiger partial charge in [0.05, 0.1) is 9.85 Å². The van der Waals surface area contributed by atoms with Crippen molar-refractivity contribution in [3.8, 4) is 0 Å². The number of nitro benzene ring substituents is 2. The number of unbranched alkanes of at least 4 members (excludes halogenated alkanes) is 1. The van der Waals surface area contributed by atoms with Crippen molar-refractivity contribution in [2.45, 2.75) is 61.8 Å². The summed E-state index contributed by atoms with van der Waals surface area (Å²) in [4.78, 5) is 32.5. The Morgan fingerprint density at radius 1 is 0.778 bits per heavy atom. The molecule has 2 rings (SSSR count). The first-order valence-corrected chi connectivity index (χ1v) is 17.0. The second kappa shape index (κ2) is 16.6. The van der Waals surface area contributed by atoms with Gasteiger partial charge in [0, 0.05) is 44.9 Å². The van der Waals surface area contributed by atoms with Crippen molar-refractivity contribution < 1.29 is 36.2 Å². The first-order valence-electron chi connectivity index (χ1n) is 14.2. The lowest BCUT2D eigenvalue weighted by atomic mass is 10.2. The number of hydrogen-bond donors (Lipinski definition) is 2. The van der Waals surface area contributed by atoms with Gasteiger partial charge in [-0.2, -0.15) is 8.61 Å². The van der Waals surface area contributed by atoms with E-state index in [0.29, 0.717) is 0 Å². The first-order chi connectivity index (χ1) is 21.0. The fraction of sp³-hybridized carbons (Fsp3) is 0.519. The zero-order chi connectivity index (χ0) is 33.8. The van der Waals surface area contributed by atoms with Crippen LogP contribution in [0.4, 0.5) is 16.2 Å². The number of ether oxygens (including phenoxy) is 1. The molecule has 45 heavy (non-hydrogen) atoms. The maximum absolute atomic E-state index is 13.6. The molecule has 0 aromatic heterocycles. The number of hydrogen-bond acceptors (Lipinski definition) is 11. The van der Waals surface area contributed by atoms with E-state index in [4.69, 9.17) is 10.5 Å². The summed E-state index contributed by atoms with van der Waals surface area (Å²) in [6.45, 7) is 4.95. The van der Waals surface area contributed by atoms with Crippen LogP contribution < -0.4 is 11.1 Å². The van der Waals surface area contributed by atoms with Crippen LogP contribution in [0.2, 0.25) is 0 Å². The number of nitrogens with zero attached hydrogens (tertiary/aromatic N) is 4. The Kier molecular flexibility index (Phi) is 13.8. The summed E-state index contributed by atoms with van der Waals surface area (Å²) in [5.74, 6) is 0. The average molecular weight is 673 g/mol. The van der Waals surface area contributed by atoms with Crippen LogP contribution in [0, 0.1) is 20.2 Å². The third-order valence-corrected chi connectivity index (χ3v) is 10.2. The molecule has 18 heteroatoms. The molecule has 16 nitrogen and oxygen atoms in total. The second-order valence-electron chi connectivity index (χ2n) is 10.9. The molecule has 1 amide bonds. The third kappa shape index (κ3) is 11.0. The first kappa shape index (κ1) is 37.5. The second-order valence-corrected chi connectivity index (χ2v) is 14.7. The molecule has 3 N–H and O–H groups in total. The minimum Gasteiger partial charge on any atom is -0.444 e. The number of nitrogens with one attached hydrogen (secondary N) is 1. The molecular formula is C27H40N6O10S2. The molecule has 0 atom stereocenters. The van der Waals surface area contributed by atoms with E-state index in [1.165, 1.54) is 24.3 Å². The van der Waals surface area contributed by atoms with Crippen molar-refractivity contribution in [2.24, 2.45) is 5.73 Å². The van der Waals surface area contributed by atoms with Gasteiger partial charge in [-0.15, -0.1) is 0 Å². The Labute approximate surface area is 262 Å². The number of carbonyl (C=O) groups excluding carboxylic acids is 1. The molecule has 0 aliphatic rings. The Morgan fingerprint density at radius 3 is 1.58 bits per heavy atom. The zero-order valence-electron chi connectivity index (χ0n) is 25.5. The number of nitrogens with two attached hydrogens (primary N) is 1. The van der Waals surface area contributed by atoms with Crippen LogP contribution in [0.5, 0.6) is 0 Å². The van der Waals surface area contributed by atoms with Crippen LogP contribution in [0.3, 0.4) is 0 Å². The maximum atomic E-state index is 13.6. The number of rotatable bonds is 18. The van der Waals surface area contributed by atoms with E-state index in [1.54, 1.807) is 20.8 Å². The predicted octanol–water partition coefficient (Wildman–Crippen LogP) is 3.23. The van der Waals surface area contributed by atoms with Crippen LogP contribution >= 0.6 is 0 Å². The molecule has 0 aliphatic heterocycles. The number of para-hydroxylation sites is 2. The third-order valence-electron chi connectivity index (χ3n) is 6.29. The normalized spacial score (nSPS) is 12.3. The number of carbonyl (C=O) groups is 1. The molecule has 2 aromatic carbocycles. The highest BCUT2D eigenvalue weighted by Crippen LogP contribution is 2.28. The molecular weight excluding hydrogens is 632 g/mol. The van der Waals surface area contributed by atoms with E-state index in [9.17, 15) is 41.9 Å². The van der Waals surface area contributed by atoms with Gasteiger partial charge in [0.2, 0.25) is 20.0 Å². The van der Waals surface area contributed by atoms with Crippen LogP contribution in [0.1, 0.15) is 46.5 Å². The topological polar surface area (TPSA) is 225 Å². The van der Waals surface area contributed by atoms with E-state index in [-0.39, 0.29) is 65.0 Å². The fourth-order valence-corrected chi connectivity index (χ4v) is 7.59. The van der Waals surface area contributed by atoms with Gasteiger partial charge in [-0.1, -0.05) is 24.3 Å². The Bertz CT molecular complexity index is 1550. The zero-order valence-corrected chi connectivity index (χ0v) is 27.1. The highest BCUT2D eigenvalue weighted by atomic mass is 32.2. The highest BCUT2D eigenvalue weighted by molar-refractivity contribution is 7.89. The Balaban J connectivity index is 2.23. The van der Waals surface area contributed by atoms with Crippen LogP contribution in [0.15, 0.2) is 58.3 Å². The molecule has 2 aromatic rings. The van der Waals surface area contributed by atoms with Crippen LogP contribution in [-0.2, 0) is 24.8 Å². The van der Waals surface area contributed by atoms with Gasteiger partial charge in [0.15, 0.2) is 9.79 Å². The molecule has 0 saturated heterocycles. The smallest absolute Gasteiger partial charge is 0.407 e. The number of sulfonamides is 2. The van der Waals surface area contributed by atoms with Crippen molar-refractivity contribution in [1.82, 2.24) is 13.9 Å². The summed E-state index contributed by atoms with van der Waals surface area (Å²) >= 11 is 0. The number of amides is 1. The van der Waals surface area contributed by atoms with E-state index >= 15 is 0 Å². The van der Waals surface area contributed by atoms with Crippen molar-refractivity contribution in [1.29, 1.82) is 0 Å². The summed E-state index contributed by atoms with van der Waals surface area (Å²) in [6, 6.07) is 9.91. The maximum Gasteiger partial charge on any atom is 0.407 e. The van der Waals surface area contributed by atoms with Gasteiger partial charge in [0.1, 0.15) is 5.60 Å². The fourth-order valence-electron chi connectivity index (χ4n) is 4.24. The summed E-state index contributed by atoms with van der Waals surface area (Å²) < 4.78 is 61.4. The number of benzene rings is 2. The standard InChI is InChI=1S/C27H40N6O10S2/c1-27(2,3)43-26(34)29-17-11-21-31(45(41,42)25-15-7-5-13-23(25)33(37)38)19-9-8-18-30(20-10-16-28)44(39,40)24-14-6-4-12-22(24)32(35)36/h4-7,12-15H,8-11,16-21,28H2,1-3H3,(H,29,34). The summed E-state index contributed by atoms with van der Waals surface area (Å²) in [5, 5.41) is 25.6. The number of alkyl carbamates (subject to hydrolysis) is 1. The lowest BCUT2D eigenvalue weighted by Gasteiger charge is -2.24. The highest BCUT2D eigenvalue weighted by Gasteiger charge is 2.33. The van der Waals surface area contributed by atoms with Gasteiger partial charge in [-0.3, -0.25) is 20.2 Å². The lowest BCUT2D eigenvalue weighted by molar-refractivity contribution is -0.388. The molecule has 250 valence electrons. The number of nitro groups is 2. The Morgan fingerprint density at radius 2 is 1.18 bits per heavy atom. The SMILES string of the molecule is CC(C)(C)OC(=O)NCCCN(CCCCN(CCCN)S(=O)(=O)c1ccccc1[N+](=O)[O-])S(=O)(=O)c1ccccc1[N+](=O)[O-]. The minimum atomic E-state index is -4.38. The average Bonchev–Trinajstić information content (AvgIpc) is 2.96. The molecule has 0 saturated carbocycles. The van der Waals surface area contributed by atoms with Gasteiger partial charge in [-0.25, -0.2) is 21.6 Å². The van der Waals surface area contributed by atoms with E-state index < -0.39 is 62.8 Å². The molecule has 0 spiro atoms. The van der Waals surface area contributed by atoms with Crippen molar-refractivity contribution in [3.05, 3.63) is 68.8 Å². The monoisotopic (exact) mass is 672 g/mol. The van der Waals surface area contributed by atoms with E-state index in [2.05, 4.69) is 5.32 Å². The molecule has 0 unspecified atom stereocenters. The van der Waals surface area contributed by atoms with Crippen molar-refractivity contribution in [2.75, 3.05) is 39.3 Å². The van der Waals surface area contributed by atoms with Crippen molar-refractivity contribution >= 4 is 37.5 Å². The molecule has 0 heterocycles. The van der Waals surface area contributed by atoms with E-state index in [1.807, 2.05) is 0 Å². The van der Waals surface area contributed by atoms with Crippen molar-refractivity contribution in [3.63, 3.8) is 0 Å². The lowest BCUT2D eigenvalue weighted by Crippen LogP contribution is -2.37. The molecule has 0 fully saturated rings. The summed E-state index contributed by atoms with van der Waals surface area (Å²) in [7, 11) is -8.68. The molecule has 0 bridgehead atoms. The summed E-state index contributed by atoms with van der Waals surface area (Å²) in [5.41, 5.74) is 3.68. The van der Waals surface area contributed by atoms with Gasteiger partial charge in [0.25, 0.3) is 11.4 Å². The van der Waals surface area contributed by atoms with Crippen LogP contribution in [0.25, 0.3) is 0 Å². The molecule has 0 radical (unpaired) electrons. The Hall–Kier alpha value is -3.71. The minimum absolute atomic E-state index is 0.0144. The quantitative estimate of drug-likeness (QED) is 0.133. The van der Waals surface area contributed by atoms with Gasteiger partial charge >= 0.3 is 6.09 Å². The predicted molar refractivity (Wildman–Crippen MR) is 165 cm³/mol. The van der Waals surface area contributed by atoms with Gasteiger partial charge in [-0.05, 0) is 65.1 Å². The van der Waals surface area contributed by atoms with Gasteiger partial charge < -0.3 is 15.8 Å². The summed E-state index contributed by atoms with van der Waals surface area (Å²) in [6.07, 6.45) is 0.0400. The molecule has 0 aliphatic carbocycles. The van der Waals surface area contributed by atoms with E-state index in [0.717, 1.165) is 32.9 Å².